The fourth-order valence-corrected chi connectivity index (χ4v) is 6.62. The summed E-state index contributed by atoms with van der Waals surface area (Å²) >= 11 is 0. The van der Waals surface area contributed by atoms with Gasteiger partial charge in [0.05, 0.1) is 5.75 Å². The largest absolute Gasteiger partial charge is 0.351 e. The van der Waals surface area contributed by atoms with E-state index in [-0.39, 0.29) is 24.1 Å². The Morgan fingerprint density at radius 2 is 1.58 bits per heavy atom. The van der Waals surface area contributed by atoms with E-state index in [9.17, 15) is 18.0 Å². The third-order valence-corrected chi connectivity index (χ3v) is 8.86. The number of rotatable bonds is 7. The number of amides is 2. The van der Waals surface area contributed by atoms with Crippen molar-refractivity contribution in [3.63, 3.8) is 0 Å². The number of benzene rings is 1. The van der Waals surface area contributed by atoms with Crippen LogP contribution in [0, 0.1) is 5.92 Å². The molecule has 2 aliphatic heterocycles. The summed E-state index contributed by atoms with van der Waals surface area (Å²) in [6.45, 7) is 10.5. The van der Waals surface area contributed by atoms with E-state index >= 15 is 0 Å². The van der Waals surface area contributed by atoms with Crippen LogP contribution in [0.25, 0.3) is 0 Å². The van der Waals surface area contributed by atoms with Crippen LogP contribution in [0.15, 0.2) is 18.2 Å². The minimum absolute atomic E-state index is 0.00744. The Bertz CT molecular complexity index is 989. The Morgan fingerprint density at radius 3 is 2.25 bits per heavy atom. The summed E-state index contributed by atoms with van der Waals surface area (Å²) < 4.78 is 26.5. The van der Waals surface area contributed by atoms with Crippen LogP contribution in [0.4, 0.5) is 5.69 Å². The van der Waals surface area contributed by atoms with Crippen LogP contribution in [0.3, 0.4) is 0 Å². The molecule has 3 rings (SSSR count). The number of nitrogens with one attached hydrogen (secondary N) is 1. The third-order valence-electron chi connectivity index (χ3n) is 6.99. The van der Waals surface area contributed by atoms with Crippen molar-refractivity contribution < 1.29 is 18.0 Å². The molecule has 0 aliphatic carbocycles. The molecular formula is C27H44N4O4S. The molecule has 0 saturated carbocycles. The molecule has 202 valence electrons. The molecule has 1 fully saturated rings. The Balaban J connectivity index is 1.79. The van der Waals surface area contributed by atoms with Crippen molar-refractivity contribution in [1.29, 1.82) is 0 Å². The molecule has 2 heterocycles. The molecule has 0 atom stereocenters. The standard InChI is InChI=1S/C27H44N4O4S/c1-22(2)20-29-14-7-5-4-6-8-17-31(23(3)32)26-12-11-24(19-25(26)21-29)27(33)28-13-18-36(34,35)30-15-9-10-16-30/h11-12,19,22H,4-10,13-18,20-21H2,1-3H3,(H,28,33). The highest BCUT2D eigenvalue weighted by Crippen LogP contribution is 2.26. The monoisotopic (exact) mass is 520 g/mol. The van der Waals surface area contributed by atoms with E-state index in [0.717, 1.165) is 56.4 Å². The third kappa shape index (κ3) is 8.28. The van der Waals surface area contributed by atoms with Crippen molar-refractivity contribution in [2.45, 2.75) is 72.3 Å². The summed E-state index contributed by atoms with van der Waals surface area (Å²) in [5, 5.41) is 2.79. The molecule has 8 nitrogen and oxygen atoms in total. The number of carbonyl (C=O) groups is 2. The Hall–Kier alpha value is -1.97. The van der Waals surface area contributed by atoms with E-state index in [4.69, 9.17) is 0 Å². The molecule has 0 aromatic heterocycles. The van der Waals surface area contributed by atoms with Gasteiger partial charge in [0.1, 0.15) is 0 Å². The number of nitrogens with zero attached hydrogens (tertiary/aromatic N) is 3. The molecule has 1 saturated heterocycles. The van der Waals surface area contributed by atoms with E-state index < -0.39 is 10.0 Å². The summed E-state index contributed by atoms with van der Waals surface area (Å²) in [5.41, 5.74) is 2.32. The molecule has 2 aliphatic rings. The van der Waals surface area contributed by atoms with E-state index in [0.29, 0.717) is 37.7 Å². The molecule has 0 unspecified atom stereocenters. The van der Waals surface area contributed by atoms with Gasteiger partial charge >= 0.3 is 0 Å². The normalized spacial score (nSPS) is 18.9. The van der Waals surface area contributed by atoms with Gasteiger partial charge in [-0.15, -0.1) is 0 Å². The second kappa shape index (κ2) is 13.5. The molecule has 2 amide bonds. The highest BCUT2D eigenvalue weighted by molar-refractivity contribution is 7.89. The molecule has 36 heavy (non-hydrogen) atoms. The van der Waals surface area contributed by atoms with Crippen LogP contribution >= 0.6 is 0 Å². The number of hydrogen-bond donors (Lipinski definition) is 1. The molecule has 0 spiro atoms. The van der Waals surface area contributed by atoms with Gasteiger partial charge in [0.25, 0.3) is 5.91 Å². The average Bonchev–Trinajstić information content (AvgIpc) is 3.35. The Kier molecular flexibility index (Phi) is 10.8. The van der Waals surface area contributed by atoms with Crippen LogP contribution in [0.5, 0.6) is 0 Å². The van der Waals surface area contributed by atoms with Gasteiger partial charge in [0, 0.05) is 57.4 Å². The van der Waals surface area contributed by atoms with Crippen LogP contribution in [0.2, 0.25) is 0 Å². The second-order valence-corrected chi connectivity index (χ2v) is 12.7. The summed E-state index contributed by atoms with van der Waals surface area (Å²) in [5.74, 6) is 0.136. The zero-order valence-corrected chi connectivity index (χ0v) is 23.1. The van der Waals surface area contributed by atoms with Crippen molar-refractivity contribution in [2.75, 3.05) is 49.9 Å². The highest BCUT2D eigenvalue weighted by atomic mass is 32.2. The maximum atomic E-state index is 13.0. The maximum absolute atomic E-state index is 13.0. The predicted octanol–water partition coefficient (Wildman–Crippen LogP) is 3.62. The Labute approximate surface area is 217 Å². The number of fused-ring (bicyclic) bond motifs is 1. The van der Waals surface area contributed by atoms with Crippen molar-refractivity contribution in [3.8, 4) is 0 Å². The maximum Gasteiger partial charge on any atom is 0.251 e. The lowest BCUT2D eigenvalue weighted by Crippen LogP contribution is -2.36. The van der Waals surface area contributed by atoms with E-state index in [1.165, 1.54) is 17.1 Å². The van der Waals surface area contributed by atoms with Crippen molar-refractivity contribution in [1.82, 2.24) is 14.5 Å². The quantitative estimate of drug-likeness (QED) is 0.593. The lowest BCUT2D eigenvalue weighted by molar-refractivity contribution is -0.116. The molecule has 0 radical (unpaired) electrons. The van der Waals surface area contributed by atoms with Crippen LogP contribution < -0.4 is 10.2 Å². The minimum atomic E-state index is -3.34. The number of hydrogen-bond acceptors (Lipinski definition) is 5. The highest BCUT2D eigenvalue weighted by Gasteiger charge is 2.25. The van der Waals surface area contributed by atoms with Crippen molar-refractivity contribution in [2.24, 2.45) is 5.92 Å². The lowest BCUT2D eigenvalue weighted by atomic mass is 10.0. The van der Waals surface area contributed by atoms with E-state index in [1.54, 1.807) is 13.0 Å². The fourth-order valence-electron chi connectivity index (χ4n) is 5.18. The van der Waals surface area contributed by atoms with Gasteiger partial charge in [-0.2, -0.15) is 0 Å². The SMILES string of the molecule is CC(=O)N1CCCCCCCN(CC(C)C)Cc2cc(C(=O)NCCS(=O)(=O)N3CCCC3)ccc21. The van der Waals surface area contributed by atoms with E-state index in [2.05, 4.69) is 24.1 Å². The lowest BCUT2D eigenvalue weighted by Gasteiger charge is -2.30. The van der Waals surface area contributed by atoms with Gasteiger partial charge in [0.2, 0.25) is 15.9 Å². The molecule has 1 N–H and O–H groups in total. The second-order valence-electron chi connectivity index (χ2n) is 10.6. The van der Waals surface area contributed by atoms with Gasteiger partial charge in [-0.25, -0.2) is 12.7 Å². The summed E-state index contributed by atoms with van der Waals surface area (Å²) in [7, 11) is -3.34. The predicted molar refractivity (Wildman–Crippen MR) is 145 cm³/mol. The molecular weight excluding hydrogens is 476 g/mol. The van der Waals surface area contributed by atoms with E-state index in [1.807, 2.05) is 17.0 Å². The number of anilines is 1. The van der Waals surface area contributed by atoms with Crippen LogP contribution in [-0.2, 0) is 21.4 Å². The van der Waals surface area contributed by atoms with Gasteiger partial charge in [0.15, 0.2) is 0 Å². The molecule has 1 aromatic rings. The zero-order valence-electron chi connectivity index (χ0n) is 22.3. The first-order valence-electron chi connectivity index (χ1n) is 13.6. The van der Waals surface area contributed by atoms with Gasteiger partial charge < -0.3 is 10.2 Å². The van der Waals surface area contributed by atoms with Gasteiger partial charge in [-0.3, -0.25) is 14.5 Å². The molecule has 1 aromatic carbocycles. The van der Waals surface area contributed by atoms with Crippen LogP contribution in [0.1, 0.15) is 81.6 Å². The first kappa shape index (κ1) is 28.6. The number of sulfonamides is 1. The Morgan fingerprint density at radius 1 is 0.944 bits per heavy atom. The van der Waals surface area contributed by atoms with Crippen molar-refractivity contribution in [3.05, 3.63) is 29.3 Å². The fraction of sp³-hybridized carbons (Fsp3) is 0.704. The molecule has 9 heteroatoms. The van der Waals surface area contributed by atoms with Crippen molar-refractivity contribution >= 4 is 27.5 Å². The van der Waals surface area contributed by atoms with Gasteiger partial charge in [-0.1, -0.05) is 33.1 Å². The first-order chi connectivity index (χ1) is 17.2. The summed E-state index contributed by atoms with van der Waals surface area (Å²) in [6.07, 6.45) is 7.36. The first-order valence-corrected chi connectivity index (χ1v) is 15.2. The summed E-state index contributed by atoms with van der Waals surface area (Å²) in [4.78, 5) is 29.8. The topological polar surface area (TPSA) is 90.0 Å². The summed E-state index contributed by atoms with van der Waals surface area (Å²) in [6, 6.07) is 5.51. The zero-order chi connectivity index (χ0) is 26.1. The van der Waals surface area contributed by atoms with Crippen LogP contribution in [-0.4, -0.2) is 74.5 Å². The minimum Gasteiger partial charge on any atom is -0.351 e. The molecule has 0 bridgehead atoms. The smallest absolute Gasteiger partial charge is 0.251 e. The number of carbonyl (C=O) groups excluding carboxylic acids is 2. The average molecular weight is 521 g/mol. The van der Waals surface area contributed by atoms with Gasteiger partial charge in [-0.05, 0) is 61.9 Å².